The normalized spacial score (nSPS) is 11.4. The van der Waals surface area contributed by atoms with Gasteiger partial charge in [-0.15, -0.1) is 0 Å². The predicted molar refractivity (Wildman–Crippen MR) is 81.4 cm³/mol. The Kier molecular flexibility index (Phi) is 5.75. The highest BCUT2D eigenvalue weighted by atomic mass is 19.1. The number of nitrogens with one attached hydrogen (secondary N) is 2. The molecule has 112 valence electrons. The van der Waals surface area contributed by atoms with Crippen LogP contribution in [0.25, 0.3) is 0 Å². The largest absolute Gasteiger partial charge is 0.356 e. The molecule has 0 saturated carbocycles. The maximum atomic E-state index is 12.8. The summed E-state index contributed by atoms with van der Waals surface area (Å²) in [5.41, 5.74) is 1.01. The molecule has 0 aliphatic carbocycles. The molecule has 5 nitrogen and oxygen atoms in total. The summed E-state index contributed by atoms with van der Waals surface area (Å²) in [6, 6.07) is 8.34. The maximum absolute atomic E-state index is 12.8. The van der Waals surface area contributed by atoms with E-state index in [1.165, 1.54) is 12.1 Å². The average molecular weight is 289 g/mol. The van der Waals surface area contributed by atoms with E-state index in [2.05, 4.69) is 20.7 Å². The lowest BCUT2D eigenvalue weighted by Crippen LogP contribution is -2.37. The second-order valence-electron chi connectivity index (χ2n) is 4.60. The van der Waals surface area contributed by atoms with Gasteiger partial charge >= 0.3 is 0 Å². The Morgan fingerprint density at radius 2 is 2.10 bits per heavy atom. The lowest BCUT2D eigenvalue weighted by Gasteiger charge is -2.12. The van der Waals surface area contributed by atoms with Gasteiger partial charge in [-0.1, -0.05) is 12.1 Å². The van der Waals surface area contributed by atoms with Crippen molar-refractivity contribution in [2.75, 3.05) is 13.6 Å². The predicted octanol–water partition coefficient (Wildman–Crippen LogP) is 1.78. The van der Waals surface area contributed by atoms with Gasteiger partial charge in [-0.2, -0.15) is 5.10 Å². The van der Waals surface area contributed by atoms with Gasteiger partial charge in [-0.25, -0.2) is 4.39 Å². The summed E-state index contributed by atoms with van der Waals surface area (Å²) in [4.78, 5) is 4.15. The molecule has 0 atom stereocenters. The minimum absolute atomic E-state index is 0.222. The van der Waals surface area contributed by atoms with Crippen molar-refractivity contribution < 1.29 is 4.39 Å². The molecule has 2 N–H and O–H groups in total. The summed E-state index contributed by atoms with van der Waals surface area (Å²) < 4.78 is 14.7. The molecule has 6 heteroatoms. The Hall–Kier alpha value is -2.37. The van der Waals surface area contributed by atoms with Crippen LogP contribution in [-0.4, -0.2) is 29.3 Å². The summed E-state index contributed by atoms with van der Waals surface area (Å²) in [6.45, 7) is 2.29. The zero-order valence-electron chi connectivity index (χ0n) is 12.1. The lowest BCUT2D eigenvalue weighted by molar-refractivity contribution is 0.570. The van der Waals surface area contributed by atoms with Crippen LogP contribution in [0.3, 0.4) is 0 Å². The molecule has 0 aliphatic rings. The van der Waals surface area contributed by atoms with Crippen LogP contribution in [-0.2, 0) is 13.1 Å². The van der Waals surface area contributed by atoms with E-state index in [4.69, 9.17) is 0 Å². The number of aliphatic imine (C=N–C) groups is 1. The lowest BCUT2D eigenvalue weighted by atomic mass is 10.2. The number of benzene rings is 1. The van der Waals surface area contributed by atoms with Crippen molar-refractivity contribution in [3.05, 3.63) is 54.1 Å². The standard InChI is InChI=1S/C15H20FN5/c1-17-15(18-8-2-10-21-11-3-9-20-21)19-12-13-4-6-14(16)7-5-13/h3-7,9,11H,2,8,10,12H2,1H3,(H2,17,18,19). The Morgan fingerprint density at radius 3 is 2.76 bits per heavy atom. The van der Waals surface area contributed by atoms with Gasteiger partial charge in [0.1, 0.15) is 5.82 Å². The molecule has 1 aromatic heterocycles. The molecule has 0 radical (unpaired) electrons. The van der Waals surface area contributed by atoms with Crippen LogP contribution in [0.1, 0.15) is 12.0 Å². The molecule has 0 amide bonds. The van der Waals surface area contributed by atoms with Crippen molar-refractivity contribution in [3.8, 4) is 0 Å². The first-order valence-electron chi connectivity index (χ1n) is 6.94. The van der Waals surface area contributed by atoms with E-state index in [9.17, 15) is 4.39 Å². The van der Waals surface area contributed by atoms with Crippen LogP contribution < -0.4 is 10.6 Å². The minimum atomic E-state index is -0.222. The molecule has 1 aromatic carbocycles. The smallest absolute Gasteiger partial charge is 0.191 e. The number of aromatic nitrogens is 2. The zero-order chi connectivity index (χ0) is 14.9. The first-order valence-corrected chi connectivity index (χ1v) is 6.94. The Labute approximate surface area is 123 Å². The number of hydrogen-bond acceptors (Lipinski definition) is 2. The summed E-state index contributed by atoms with van der Waals surface area (Å²) in [5, 5.41) is 10.6. The Bertz CT molecular complexity index is 548. The zero-order valence-corrected chi connectivity index (χ0v) is 12.1. The van der Waals surface area contributed by atoms with Gasteiger partial charge in [0.05, 0.1) is 0 Å². The quantitative estimate of drug-likeness (QED) is 0.484. The van der Waals surface area contributed by atoms with Crippen molar-refractivity contribution in [1.29, 1.82) is 0 Å². The Morgan fingerprint density at radius 1 is 1.29 bits per heavy atom. The van der Waals surface area contributed by atoms with Crippen molar-refractivity contribution >= 4 is 5.96 Å². The van der Waals surface area contributed by atoms with Crippen LogP contribution in [0.5, 0.6) is 0 Å². The number of halogens is 1. The summed E-state index contributed by atoms with van der Waals surface area (Å²) in [5.74, 6) is 0.514. The van der Waals surface area contributed by atoms with E-state index in [0.717, 1.165) is 31.0 Å². The highest BCUT2D eigenvalue weighted by Crippen LogP contribution is 2.01. The third-order valence-corrected chi connectivity index (χ3v) is 3.01. The third-order valence-electron chi connectivity index (χ3n) is 3.01. The molecule has 0 bridgehead atoms. The second kappa shape index (κ2) is 8.04. The van der Waals surface area contributed by atoms with Gasteiger partial charge in [-0.05, 0) is 30.2 Å². The fourth-order valence-corrected chi connectivity index (χ4v) is 1.89. The summed E-state index contributed by atoms with van der Waals surface area (Å²) in [6.07, 6.45) is 4.68. The van der Waals surface area contributed by atoms with Gasteiger partial charge in [-0.3, -0.25) is 9.67 Å². The van der Waals surface area contributed by atoms with Gasteiger partial charge in [0.15, 0.2) is 5.96 Å². The average Bonchev–Trinajstić information content (AvgIpc) is 3.01. The molecule has 21 heavy (non-hydrogen) atoms. The molecular formula is C15H20FN5. The molecule has 2 rings (SSSR count). The molecule has 0 fully saturated rings. The molecule has 0 spiro atoms. The summed E-state index contributed by atoms with van der Waals surface area (Å²) >= 11 is 0. The first kappa shape index (κ1) is 15.0. The van der Waals surface area contributed by atoms with E-state index in [1.807, 2.05) is 16.9 Å². The number of guanidine groups is 1. The minimum Gasteiger partial charge on any atom is -0.356 e. The molecular weight excluding hydrogens is 269 g/mol. The topological polar surface area (TPSA) is 54.2 Å². The van der Waals surface area contributed by atoms with Crippen LogP contribution in [0.15, 0.2) is 47.7 Å². The second-order valence-corrected chi connectivity index (χ2v) is 4.60. The van der Waals surface area contributed by atoms with E-state index in [-0.39, 0.29) is 5.82 Å². The molecule has 0 saturated heterocycles. The van der Waals surface area contributed by atoms with Crippen LogP contribution in [0.4, 0.5) is 4.39 Å². The van der Waals surface area contributed by atoms with E-state index < -0.39 is 0 Å². The molecule has 1 heterocycles. The van der Waals surface area contributed by atoms with Gasteiger partial charge in [0.2, 0.25) is 0 Å². The van der Waals surface area contributed by atoms with E-state index >= 15 is 0 Å². The number of nitrogens with zero attached hydrogens (tertiary/aromatic N) is 3. The highest BCUT2D eigenvalue weighted by molar-refractivity contribution is 5.79. The van der Waals surface area contributed by atoms with E-state index in [0.29, 0.717) is 6.54 Å². The third kappa shape index (κ3) is 5.25. The number of aryl methyl sites for hydroxylation is 1. The fraction of sp³-hybridized carbons (Fsp3) is 0.333. The first-order chi connectivity index (χ1) is 10.3. The number of hydrogen-bond donors (Lipinski definition) is 2. The van der Waals surface area contributed by atoms with Gasteiger partial charge in [0, 0.05) is 39.1 Å². The van der Waals surface area contributed by atoms with Crippen LogP contribution >= 0.6 is 0 Å². The van der Waals surface area contributed by atoms with E-state index in [1.54, 1.807) is 25.4 Å². The van der Waals surface area contributed by atoms with Crippen molar-refractivity contribution in [2.24, 2.45) is 4.99 Å². The van der Waals surface area contributed by atoms with Crippen molar-refractivity contribution in [1.82, 2.24) is 20.4 Å². The molecule has 2 aromatic rings. The number of rotatable bonds is 6. The van der Waals surface area contributed by atoms with Crippen LogP contribution in [0, 0.1) is 5.82 Å². The SMILES string of the molecule is CN=C(NCCCn1cccn1)NCc1ccc(F)cc1. The Balaban J connectivity index is 1.67. The monoisotopic (exact) mass is 289 g/mol. The molecule has 0 aliphatic heterocycles. The summed E-state index contributed by atoms with van der Waals surface area (Å²) in [7, 11) is 1.73. The van der Waals surface area contributed by atoms with Gasteiger partial charge in [0.25, 0.3) is 0 Å². The highest BCUT2D eigenvalue weighted by Gasteiger charge is 1.99. The van der Waals surface area contributed by atoms with Crippen molar-refractivity contribution in [2.45, 2.75) is 19.5 Å². The molecule has 0 unspecified atom stereocenters. The fourth-order valence-electron chi connectivity index (χ4n) is 1.89. The maximum Gasteiger partial charge on any atom is 0.191 e. The van der Waals surface area contributed by atoms with Crippen molar-refractivity contribution in [3.63, 3.8) is 0 Å². The van der Waals surface area contributed by atoms with Gasteiger partial charge < -0.3 is 10.6 Å². The van der Waals surface area contributed by atoms with Crippen LogP contribution in [0.2, 0.25) is 0 Å².